The molecule has 0 aliphatic heterocycles. The average Bonchev–Trinajstić information content (AvgIpc) is 2.80. The Morgan fingerprint density at radius 2 is 1.71 bits per heavy atom. The first-order valence-corrected chi connectivity index (χ1v) is 6.64. The monoisotopic (exact) mass is 274 g/mol. The SMILES string of the molecule is COC(C)c1nc(Cl)c(C2CCCC2)c(Cl)n1. The van der Waals surface area contributed by atoms with Crippen LogP contribution in [0.2, 0.25) is 10.3 Å². The van der Waals surface area contributed by atoms with Gasteiger partial charge in [-0.05, 0) is 25.7 Å². The molecule has 1 fully saturated rings. The molecule has 1 heterocycles. The largest absolute Gasteiger partial charge is 0.374 e. The summed E-state index contributed by atoms with van der Waals surface area (Å²) in [5, 5.41) is 0.964. The molecule has 17 heavy (non-hydrogen) atoms. The normalized spacial score (nSPS) is 18.6. The molecule has 0 radical (unpaired) electrons. The van der Waals surface area contributed by atoms with Gasteiger partial charge in [0.25, 0.3) is 0 Å². The van der Waals surface area contributed by atoms with Crippen molar-refractivity contribution in [1.82, 2.24) is 9.97 Å². The van der Waals surface area contributed by atoms with E-state index in [2.05, 4.69) is 9.97 Å². The van der Waals surface area contributed by atoms with E-state index in [-0.39, 0.29) is 6.10 Å². The van der Waals surface area contributed by atoms with E-state index in [0.29, 0.717) is 22.0 Å². The van der Waals surface area contributed by atoms with Crippen molar-refractivity contribution >= 4 is 23.2 Å². The molecule has 1 saturated carbocycles. The predicted molar refractivity (Wildman–Crippen MR) is 68.7 cm³/mol. The van der Waals surface area contributed by atoms with Gasteiger partial charge in [-0.2, -0.15) is 0 Å². The third-order valence-electron chi connectivity index (χ3n) is 3.35. The number of halogens is 2. The highest BCUT2D eigenvalue weighted by Crippen LogP contribution is 2.40. The van der Waals surface area contributed by atoms with Gasteiger partial charge in [0.05, 0.1) is 0 Å². The number of rotatable bonds is 3. The maximum atomic E-state index is 6.22. The molecule has 0 saturated heterocycles. The highest BCUT2D eigenvalue weighted by molar-refractivity contribution is 6.34. The van der Waals surface area contributed by atoms with Crippen LogP contribution in [0.15, 0.2) is 0 Å². The van der Waals surface area contributed by atoms with Crippen molar-refractivity contribution in [3.05, 3.63) is 21.7 Å². The summed E-state index contributed by atoms with van der Waals surface area (Å²) in [5.41, 5.74) is 0.915. The van der Waals surface area contributed by atoms with Crippen LogP contribution in [0, 0.1) is 0 Å². The Morgan fingerprint density at radius 3 is 2.18 bits per heavy atom. The number of hydrogen-bond acceptors (Lipinski definition) is 3. The van der Waals surface area contributed by atoms with Crippen molar-refractivity contribution in [2.24, 2.45) is 0 Å². The maximum absolute atomic E-state index is 6.22. The van der Waals surface area contributed by atoms with Crippen LogP contribution >= 0.6 is 23.2 Å². The standard InChI is InChI=1S/C12H16Cl2N2O/c1-7(17-2)12-15-10(13)9(11(14)16-12)8-5-3-4-6-8/h7-8H,3-6H2,1-2H3. The lowest BCUT2D eigenvalue weighted by molar-refractivity contribution is 0.112. The van der Waals surface area contributed by atoms with Crippen molar-refractivity contribution in [2.45, 2.75) is 44.6 Å². The van der Waals surface area contributed by atoms with Gasteiger partial charge in [-0.1, -0.05) is 36.0 Å². The first-order chi connectivity index (χ1) is 8.13. The molecule has 1 aromatic heterocycles. The Kier molecular flexibility index (Phi) is 4.23. The lowest BCUT2D eigenvalue weighted by Gasteiger charge is -2.15. The molecule has 1 aromatic rings. The van der Waals surface area contributed by atoms with Gasteiger partial charge in [0.15, 0.2) is 5.82 Å². The Labute approximate surface area is 112 Å². The summed E-state index contributed by atoms with van der Waals surface area (Å²) < 4.78 is 5.17. The minimum Gasteiger partial charge on any atom is -0.374 e. The highest BCUT2D eigenvalue weighted by atomic mass is 35.5. The molecule has 1 unspecified atom stereocenters. The molecular weight excluding hydrogens is 259 g/mol. The van der Waals surface area contributed by atoms with E-state index < -0.39 is 0 Å². The second-order valence-electron chi connectivity index (χ2n) is 4.44. The van der Waals surface area contributed by atoms with Crippen molar-refractivity contribution in [3.8, 4) is 0 Å². The molecule has 0 aromatic carbocycles. The number of aromatic nitrogens is 2. The van der Waals surface area contributed by atoms with Crippen LogP contribution in [0.3, 0.4) is 0 Å². The first kappa shape index (κ1) is 13.1. The number of nitrogens with zero attached hydrogens (tertiary/aromatic N) is 2. The van der Waals surface area contributed by atoms with Crippen LogP contribution in [-0.2, 0) is 4.74 Å². The average molecular weight is 275 g/mol. The van der Waals surface area contributed by atoms with Gasteiger partial charge in [0, 0.05) is 12.7 Å². The number of hydrogen-bond donors (Lipinski definition) is 0. The van der Waals surface area contributed by atoms with Crippen LogP contribution < -0.4 is 0 Å². The molecule has 0 bridgehead atoms. The van der Waals surface area contributed by atoms with E-state index in [4.69, 9.17) is 27.9 Å². The van der Waals surface area contributed by atoms with E-state index >= 15 is 0 Å². The summed E-state index contributed by atoms with van der Waals surface area (Å²) in [4.78, 5) is 8.59. The second kappa shape index (κ2) is 5.51. The first-order valence-electron chi connectivity index (χ1n) is 5.89. The van der Waals surface area contributed by atoms with E-state index in [9.17, 15) is 0 Å². The minimum absolute atomic E-state index is 0.192. The van der Waals surface area contributed by atoms with E-state index in [1.807, 2.05) is 6.92 Å². The Hall–Kier alpha value is -0.380. The van der Waals surface area contributed by atoms with E-state index in [0.717, 1.165) is 18.4 Å². The van der Waals surface area contributed by atoms with Gasteiger partial charge < -0.3 is 4.74 Å². The Morgan fingerprint density at radius 1 is 1.18 bits per heavy atom. The number of methoxy groups -OCH3 is 1. The van der Waals surface area contributed by atoms with Crippen molar-refractivity contribution in [2.75, 3.05) is 7.11 Å². The molecule has 0 N–H and O–H groups in total. The quantitative estimate of drug-likeness (QED) is 0.777. The summed E-state index contributed by atoms with van der Waals surface area (Å²) >= 11 is 12.4. The van der Waals surface area contributed by atoms with E-state index in [1.165, 1.54) is 12.8 Å². The van der Waals surface area contributed by atoms with E-state index in [1.54, 1.807) is 7.11 Å². The molecule has 5 heteroatoms. The van der Waals surface area contributed by atoms with Crippen LogP contribution in [0.4, 0.5) is 0 Å². The molecule has 94 valence electrons. The smallest absolute Gasteiger partial charge is 0.160 e. The summed E-state index contributed by atoms with van der Waals surface area (Å²) in [7, 11) is 1.61. The summed E-state index contributed by atoms with van der Waals surface area (Å²) in [5.74, 6) is 0.964. The molecule has 1 aliphatic rings. The van der Waals surface area contributed by atoms with Gasteiger partial charge in [-0.15, -0.1) is 0 Å². The Balaban J connectivity index is 2.34. The van der Waals surface area contributed by atoms with Crippen LogP contribution in [0.1, 0.15) is 56.0 Å². The third-order valence-corrected chi connectivity index (χ3v) is 3.93. The maximum Gasteiger partial charge on any atom is 0.160 e. The van der Waals surface area contributed by atoms with Gasteiger partial charge in [0.1, 0.15) is 16.4 Å². The molecular formula is C12H16Cl2N2O. The minimum atomic E-state index is -0.192. The molecule has 1 atom stereocenters. The molecule has 2 rings (SSSR count). The Bertz CT molecular complexity index is 382. The van der Waals surface area contributed by atoms with Crippen molar-refractivity contribution in [3.63, 3.8) is 0 Å². The highest BCUT2D eigenvalue weighted by Gasteiger charge is 2.25. The predicted octanol–water partition coefficient (Wildman–Crippen LogP) is 4.15. The third kappa shape index (κ3) is 2.72. The molecule has 3 nitrogen and oxygen atoms in total. The topological polar surface area (TPSA) is 35.0 Å². The fourth-order valence-electron chi connectivity index (χ4n) is 2.27. The zero-order valence-electron chi connectivity index (χ0n) is 10.0. The zero-order valence-corrected chi connectivity index (χ0v) is 11.6. The zero-order chi connectivity index (χ0) is 12.4. The van der Waals surface area contributed by atoms with Crippen LogP contribution in [0.25, 0.3) is 0 Å². The fraction of sp³-hybridized carbons (Fsp3) is 0.667. The molecule has 0 spiro atoms. The summed E-state index contributed by atoms with van der Waals surface area (Å²) in [6.45, 7) is 1.87. The van der Waals surface area contributed by atoms with Crippen molar-refractivity contribution < 1.29 is 4.74 Å². The van der Waals surface area contributed by atoms with Crippen molar-refractivity contribution in [1.29, 1.82) is 0 Å². The lowest BCUT2D eigenvalue weighted by atomic mass is 10.0. The van der Waals surface area contributed by atoms with Gasteiger partial charge in [0.2, 0.25) is 0 Å². The summed E-state index contributed by atoms with van der Waals surface area (Å²) in [6, 6.07) is 0. The fourth-order valence-corrected chi connectivity index (χ4v) is 2.98. The summed E-state index contributed by atoms with van der Waals surface area (Å²) in [6.07, 6.45) is 4.52. The van der Waals surface area contributed by atoms with Crippen LogP contribution in [-0.4, -0.2) is 17.1 Å². The van der Waals surface area contributed by atoms with Gasteiger partial charge in [-0.3, -0.25) is 0 Å². The van der Waals surface area contributed by atoms with Crippen LogP contribution in [0.5, 0.6) is 0 Å². The second-order valence-corrected chi connectivity index (χ2v) is 5.15. The molecule has 0 amide bonds. The number of ether oxygens (including phenoxy) is 1. The molecule has 1 aliphatic carbocycles. The van der Waals surface area contributed by atoms with Gasteiger partial charge >= 0.3 is 0 Å². The van der Waals surface area contributed by atoms with Gasteiger partial charge in [-0.25, -0.2) is 9.97 Å². The lowest BCUT2D eigenvalue weighted by Crippen LogP contribution is -2.07.